The number of nitrogens with one attached hydrogen (secondary N) is 2. The van der Waals surface area contributed by atoms with Crippen LogP contribution in [-0.2, 0) is 6.54 Å². The number of carboxylic acid groups (broad SMARTS) is 1. The summed E-state index contributed by atoms with van der Waals surface area (Å²) in [5.41, 5.74) is 1.13. The molecule has 0 spiro atoms. The van der Waals surface area contributed by atoms with Gasteiger partial charge in [0.15, 0.2) is 0 Å². The molecule has 1 aliphatic carbocycles. The fraction of sp³-hybridized carbons (Fsp3) is 0.467. The summed E-state index contributed by atoms with van der Waals surface area (Å²) in [7, 11) is 0. The maximum Gasteiger partial charge on any atom is 0.335 e. The van der Waals surface area contributed by atoms with E-state index in [0.717, 1.165) is 17.9 Å². The summed E-state index contributed by atoms with van der Waals surface area (Å²) < 4.78 is 0. The van der Waals surface area contributed by atoms with Crippen LogP contribution >= 0.6 is 0 Å². The molecule has 1 fully saturated rings. The Morgan fingerprint density at radius 2 is 1.85 bits per heavy atom. The molecule has 0 aromatic heterocycles. The third-order valence-corrected chi connectivity index (χ3v) is 3.43. The maximum absolute atomic E-state index is 11.5. The van der Waals surface area contributed by atoms with Crippen LogP contribution in [0.15, 0.2) is 24.3 Å². The van der Waals surface area contributed by atoms with Gasteiger partial charge in [0.2, 0.25) is 0 Å². The van der Waals surface area contributed by atoms with Gasteiger partial charge in [0.25, 0.3) is 0 Å². The molecule has 0 aliphatic heterocycles. The van der Waals surface area contributed by atoms with Crippen molar-refractivity contribution in [3.8, 4) is 0 Å². The number of hydrogen-bond donors (Lipinski definition) is 3. The van der Waals surface area contributed by atoms with Gasteiger partial charge in [0.05, 0.1) is 5.56 Å². The largest absolute Gasteiger partial charge is 0.478 e. The van der Waals surface area contributed by atoms with E-state index in [2.05, 4.69) is 10.6 Å². The highest BCUT2D eigenvalue weighted by atomic mass is 16.4. The van der Waals surface area contributed by atoms with Crippen LogP contribution in [0.1, 0.15) is 41.6 Å². The Balaban J connectivity index is 1.62. The van der Waals surface area contributed by atoms with Crippen LogP contribution in [0, 0.1) is 5.92 Å². The Hall–Kier alpha value is -2.04. The molecule has 5 nitrogen and oxygen atoms in total. The molecule has 0 saturated heterocycles. The Morgan fingerprint density at radius 3 is 2.45 bits per heavy atom. The van der Waals surface area contributed by atoms with Gasteiger partial charge in [-0.2, -0.15) is 0 Å². The standard InChI is InChI=1S/C15H20N2O3/c18-14(19)13-7-5-12(6-8-13)10-17-15(20)16-9-1-2-11-3-4-11/h5-8,11H,1-4,9-10H2,(H,18,19)(H2,16,17,20). The zero-order chi connectivity index (χ0) is 14.4. The van der Waals surface area contributed by atoms with Crippen molar-refractivity contribution in [2.24, 2.45) is 5.92 Å². The molecule has 3 N–H and O–H groups in total. The summed E-state index contributed by atoms with van der Waals surface area (Å²) in [5, 5.41) is 14.4. The van der Waals surface area contributed by atoms with Crippen molar-refractivity contribution in [2.45, 2.75) is 32.2 Å². The van der Waals surface area contributed by atoms with Crippen molar-refractivity contribution in [1.29, 1.82) is 0 Å². The Kier molecular flexibility index (Phi) is 4.98. The molecule has 1 aromatic rings. The van der Waals surface area contributed by atoms with Crippen LogP contribution < -0.4 is 10.6 Å². The van der Waals surface area contributed by atoms with E-state index in [1.165, 1.54) is 31.4 Å². The lowest BCUT2D eigenvalue weighted by Crippen LogP contribution is -2.35. The molecule has 0 bridgehead atoms. The molecule has 5 heteroatoms. The first-order chi connectivity index (χ1) is 9.65. The molecule has 1 aliphatic rings. The number of carbonyl (C=O) groups is 2. The van der Waals surface area contributed by atoms with Crippen molar-refractivity contribution in [3.63, 3.8) is 0 Å². The van der Waals surface area contributed by atoms with Gasteiger partial charge < -0.3 is 15.7 Å². The highest BCUT2D eigenvalue weighted by Gasteiger charge is 2.20. The third-order valence-electron chi connectivity index (χ3n) is 3.43. The van der Waals surface area contributed by atoms with Crippen LogP contribution in [0.3, 0.4) is 0 Å². The molecule has 0 atom stereocenters. The first kappa shape index (κ1) is 14.4. The number of rotatable bonds is 7. The van der Waals surface area contributed by atoms with E-state index < -0.39 is 5.97 Å². The fourth-order valence-electron chi connectivity index (χ4n) is 2.01. The maximum atomic E-state index is 11.5. The quantitative estimate of drug-likeness (QED) is 0.669. The zero-order valence-corrected chi connectivity index (χ0v) is 11.4. The van der Waals surface area contributed by atoms with Gasteiger partial charge in [-0.1, -0.05) is 25.0 Å². The number of carboxylic acids is 1. The SMILES string of the molecule is O=C(NCCCC1CC1)NCc1ccc(C(=O)O)cc1. The van der Waals surface area contributed by atoms with Crippen LogP contribution in [0.4, 0.5) is 4.79 Å². The molecule has 0 unspecified atom stereocenters. The van der Waals surface area contributed by atoms with Gasteiger partial charge in [-0.15, -0.1) is 0 Å². The minimum absolute atomic E-state index is 0.178. The summed E-state index contributed by atoms with van der Waals surface area (Å²) in [4.78, 5) is 22.2. The number of urea groups is 1. The fourth-order valence-corrected chi connectivity index (χ4v) is 2.01. The van der Waals surface area contributed by atoms with Crippen LogP contribution in [0.5, 0.6) is 0 Å². The highest BCUT2D eigenvalue weighted by Crippen LogP contribution is 2.33. The van der Waals surface area contributed by atoms with Crippen molar-refractivity contribution in [1.82, 2.24) is 10.6 Å². The Morgan fingerprint density at radius 1 is 1.15 bits per heavy atom. The lowest BCUT2D eigenvalue weighted by atomic mass is 10.1. The number of amides is 2. The van der Waals surface area contributed by atoms with Gasteiger partial charge in [0, 0.05) is 13.1 Å². The average Bonchev–Trinajstić information content (AvgIpc) is 3.26. The average molecular weight is 276 g/mol. The molecule has 2 amide bonds. The topological polar surface area (TPSA) is 78.4 Å². The van der Waals surface area contributed by atoms with Crippen molar-refractivity contribution >= 4 is 12.0 Å². The molecule has 1 aromatic carbocycles. The van der Waals surface area contributed by atoms with Crippen LogP contribution in [0.2, 0.25) is 0 Å². The summed E-state index contributed by atoms with van der Waals surface area (Å²) in [5.74, 6) is -0.0504. The predicted molar refractivity (Wildman–Crippen MR) is 75.6 cm³/mol. The first-order valence-electron chi connectivity index (χ1n) is 6.99. The number of hydrogen-bond acceptors (Lipinski definition) is 2. The molecule has 0 radical (unpaired) electrons. The second kappa shape index (κ2) is 6.93. The zero-order valence-electron chi connectivity index (χ0n) is 11.4. The van der Waals surface area contributed by atoms with E-state index in [1.54, 1.807) is 12.1 Å². The van der Waals surface area contributed by atoms with E-state index in [4.69, 9.17) is 5.11 Å². The number of carbonyl (C=O) groups excluding carboxylic acids is 1. The molecule has 1 saturated carbocycles. The second-order valence-electron chi connectivity index (χ2n) is 5.20. The molecular formula is C15H20N2O3. The van der Waals surface area contributed by atoms with Gasteiger partial charge in [-0.25, -0.2) is 9.59 Å². The van der Waals surface area contributed by atoms with E-state index in [1.807, 2.05) is 0 Å². The van der Waals surface area contributed by atoms with E-state index in [-0.39, 0.29) is 11.6 Å². The molecule has 0 heterocycles. The third kappa shape index (κ3) is 4.91. The summed E-state index contributed by atoms with van der Waals surface area (Å²) in [6.45, 7) is 1.11. The van der Waals surface area contributed by atoms with Crippen molar-refractivity contribution < 1.29 is 14.7 Å². The molecular weight excluding hydrogens is 256 g/mol. The van der Waals surface area contributed by atoms with Gasteiger partial charge in [-0.05, 0) is 36.5 Å². The summed E-state index contributed by atoms with van der Waals surface area (Å²) in [6.07, 6.45) is 4.93. The Labute approximate surface area is 118 Å². The summed E-state index contributed by atoms with van der Waals surface area (Å²) in [6, 6.07) is 6.30. The minimum Gasteiger partial charge on any atom is -0.478 e. The first-order valence-corrected chi connectivity index (χ1v) is 6.99. The van der Waals surface area contributed by atoms with Crippen LogP contribution in [-0.4, -0.2) is 23.7 Å². The van der Waals surface area contributed by atoms with Gasteiger partial charge in [-0.3, -0.25) is 0 Å². The normalized spacial score (nSPS) is 13.8. The van der Waals surface area contributed by atoms with Gasteiger partial charge >= 0.3 is 12.0 Å². The monoisotopic (exact) mass is 276 g/mol. The van der Waals surface area contributed by atoms with Gasteiger partial charge in [0.1, 0.15) is 0 Å². The molecule has 108 valence electrons. The number of aromatic carboxylic acids is 1. The molecule has 2 rings (SSSR count). The van der Waals surface area contributed by atoms with Crippen molar-refractivity contribution in [3.05, 3.63) is 35.4 Å². The van der Waals surface area contributed by atoms with E-state index >= 15 is 0 Å². The van der Waals surface area contributed by atoms with Crippen LogP contribution in [0.25, 0.3) is 0 Å². The van der Waals surface area contributed by atoms with E-state index in [0.29, 0.717) is 13.1 Å². The lowest BCUT2D eigenvalue weighted by Gasteiger charge is -2.07. The highest BCUT2D eigenvalue weighted by molar-refractivity contribution is 5.87. The Bertz CT molecular complexity index is 467. The minimum atomic E-state index is -0.946. The predicted octanol–water partition coefficient (Wildman–Crippen LogP) is 2.37. The van der Waals surface area contributed by atoms with Crippen molar-refractivity contribution in [2.75, 3.05) is 6.54 Å². The second-order valence-corrected chi connectivity index (χ2v) is 5.20. The smallest absolute Gasteiger partial charge is 0.335 e. The van der Waals surface area contributed by atoms with E-state index in [9.17, 15) is 9.59 Å². The number of benzene rings is 1. The lowest BCUT2D eigenvalue weighted by molar-refractivity contribution is 0.0697. The molecule has 20 heavy (non-hydrogen) atoms. The summed E-state index contributed by atoms with van der Waals surface area (Å²) >= 11 is 0.